The highest BCUT2D eigenvalue weighted by atomic mass is 79.9. The number of rotatable bonds is 4. The standard InChI is InChI=1S/C13H15BrN2O2/c1-8-10(15-12(17)7-14)3-2-4-11(8)16-13(18)9-5-6-9/h2-4,9H,5-7H2,1H3,(H,15,17)(H,16,18). The molecule has 0 heterocycles. The molecule has 1 aliphatic carbocycles. The minimum absolute atomic E-state index is 0.0714. The lowest BCUT2D eigenvalue weighted by Gasteiger charge is -2.12. The quantitative estimate of drug-likeness (QED) is 0.840. The fourth-order valence-electron chi connectivity index (χ4n) is 1.67. The maximum absolute atomic E-state index is 11.7. The Morgan fingerprint density at radius 3 is 2.44 bits per heavy atom. The van der Waals surface area contributed by atoms with Crippen molar-refractivity contribution in [2.45, 2.75) is 19.8 Å². The van der Waals surface area contributed by atoms with Gasteiger partial charge in [0.2, 0.25) is 11.8 Å². The Kier molecular flexibility index (Phi) is 4.01. The zero-order chi connectivity index (χ0) is 13.1. The maximum atomic E-state index is 11.7. The van der Waals surface area contributed by atoms with Crippen LogP contribution in [0.25, 0.3) is 0 Å². The van der Waals surface area contributed by atoms with Crippen LogP contribution >= 0.6 is 15.9 Å². The molecule has 0 spiro atoms. The fraction of sp³-hybridized carbons (Fsp3) is 0.385. The smallest absolute Gasteiger partial charge is 0.235 e. The number of amides is 2. The Hall–Kier alpha value is -1.36. The lowest BCUT2D eigenvalue weighted by atomic mass is 10.1. The minimum Gasteiger partial charge on any atom is -0.326 e. The monoisotopic (exact) mass is 310 g/mol. The Labute approximate surface area is 114 Å². The van der Waals surface area contributed by atoms with Crippen LogP contribution in [0.2, 0.25) is 0 Å². The van der Waals surface area contributed by atoms with Gasteiger partial charge in [-0.15, -0.1) is 0 Å². The van der Waals surface area contributed by atoms with Gasteiger partial charge in [0.25, 0.3) is 0 Å². The number of benzene rings is 1. The van der Waals surface area contributed by atoms with E-state index in [0.717, 1.165) is 29.8 Å². The maximum Gasteiger partial charge on any atom is 0.235 e. The molecule has 0 unspecified atom stereocenters. The first-order valence-corrected chi connectivity index (χ1v) is 7.00. The van der Waals surface area contributed by atoms with Gasteiger partial charge in [-0.1, -0.05) is 22.0 Å². The lowest BCUT2D eigenvalue weighted by Crippen LogP contribution is -2.16. The van der Waals surface area contributed by atoms with E-state index >= 15 is 0 Å². The van der Waals surface area contributed by atoms with Crippen LogP contribution in [0.3, 0.4) is 0 Å². The number of hydrogen-bond donors (Lipinski definition) is 2. The first-order valence-electron chi connectivity index (χ1n) is 5.88. The van der Waals surface area contributed by atoms with Gasteiger partial charge in [-0.25, -0.2) is 0 Å². The van der Waals surface area contributed by atoms with E-state index in [0.29, 0.717) is 0 Å². The molecule has 0 aliphatic heterocycles. The van der Waals surface area contributed by atoms with Gasteiger partial charge >= 0.3 is 0 Å². The van der Waals surface area contributed by atoms with E-state index < -0.39 is 0 Å². The molecular weight excluding hydrogens is 296 g/mol. The summed E-state index contributed by atoms with van der Waals surface area (Å²) in [5.41, 5.74) is 2.37. The normalized spacial score (nSPS) is 14.1. The highest BCUT2D eigenvalue weighted by molar-refractivity contribution is 9.09. The summed E-state index contributed by atoms with van der Waals surface area (Å²) in [5.74, 6) is 0.135. The summed E-state index contributed by atoms with van der Waals surface area (Å²) < 4.78 is 0. The number of hydrogen-bond acceptors (Lipinski definition) is 2. The van der Waals surface area contributed by atoms with Crippen LogP contribution in [0.4, 0.5) is 11.4 Å². The van der Waals surface area contributed by atoms with E-state index in [-0.39, 0.29) is 23.1 Å². The molecule has 0 aromatic heterocycles. The van der Waals surface area contributed by atoms with Gasteiger partial charge in [0.05, 0.1) is 5.33 Å². The summed E-state index contributed by atoms with van der Waals surface area (Å²) in [6.07, 6.45) is 1.95. The molecule has 2 rings (SSSR count). The zero-order valence-electron chi connectivity index (χ0n) is 10.1. The number of carbonyl (C=O) groups is 2. The van der Waals surface area contributed by atoms with Crippen molar-refractivity contribution in [1.29, 1.82) is 0 Å². The number of anilines is 2. The molecule has 1 saturated carbocycles. The van der Waals surface area contributed by atoms with Crippen LogP contribution < -0.4 is 10.6 Å². The van der Waals surface area contributed by atoms with Crippen molar-refractivity contribution in [3.63, 3.8) is 0 Å². The topological polar surface area (TPSA) is 58.2 Å². The number of nitrogens with one attached hydrogen (secondary N) is 2. The van der Waals surface area contributed by atoms with Gasteiger partial charge in [0.1, 0.15) is 0 Å². The molecule has 0 saturated heterocycles. The minimum atomic E-state index is -0.108. The van der Waals surface area contributed by atoms with E-state index in [4.69, 9.17) is 0 Å². The summed E-state index contributed by atoms with van der Waals surface area (Å²) >= 11 is 3.10. The van der Waals surface area contributed by atoms with Crippen LogP contribution in [-0.4, -0.2) is 17.1 Å². The van der Waals surface area contributed by atoms with Crippen molar-refractivity contribution in [3.05, 3.63) is 23.8 Å². The molecule has 18 heavy (non-hydrogen) atoms. The lowest BCUT2D eigenvalue weighted by molar-refractivity contribution is -0.117. The first-order chi connectivity index (χ1) is 8.61. The summed E-state index contributed by atoms with van der Waals surface area (Å²) in [6, 6.07) is 5.49. The largest absolute Gasteiger partial charge is 0.326 e. The zero-order valence-corrected chi connectivity index (χ0v) is 11.7. The Bertz CT molecular complexity index is 484. The summed E-state index contributed by atoms with van der Waals surface area (Å²) in [5, 5.41) is 5.94. The van der Waals surface area contributed by atoms with Crippen molar-refractivity contribution >= 4 is 39.1 Å². The van der Waals surface area contributed by atoms with Crippen LogP contribution in [-0.2, 0) is 9.59 Å². The second-order valence-corrected chi connectivity index (χ2v) is 4.98. The predicted octanol–water partition coefficient (Wildman–Crippen LogP) is 2.68. The molecular formula is C13H15BrN2O2. The van der Waals surface area contributed by atoms with Gasteiger partial charge in [-0.05, 0) is 37.5 Å². The highest BCUT2D eigenvalue weighted by Crippen LogP contribution is 2.31. The van der Waals surface area contributed by atoms with E-state index in [1.54, 1.807) is 0 Å². The van der Waals surface area contributed by atoms with Gasteiger partial charge in [-0.3, -0.25) is 9.59 Å². The van der Waals surface area contributed by atoms with E-state index in [9.17, 15) is 9.59 Å². The number of carbonyl (C=O) groups excluding carboxylic acids is 2. The Morgan fingerprint density at radius 2 is 1.89 bits per heavy atom. The highest BCUT2D eigenvalue weighted by Gasteiger charge is 2.29. The molecule has 1 aromatic rings. The van der Waals surface area contributed by atoms with Gasteiger partial charge < -0.3 is 10.6 Å². The first kappa shape index (κ1) is 13.1. The van der Waals surface area contributed by atoms with E-state index in [1.807, 2.05) is 25.1 Å². The van der Waals surface area contributed by atoms with Crippen molar-refractivity contribution in [2.75, 3.05) is 16.0 Å². The fourth-order valence-corrected chi connectivity index (χ4v) is 1.81. The van der Waals surface area contributed by atoms with Gasteiger partial charge in [0.15, 0.2) is 0 Å². The molecule has 0 radical (unpaired) electrons. The molecule has 4 nitrogen and oxygen atoms in total. The third kappa shape index (κ3) is 3.10. The summed E-state index contributed by atoms with van der Waals surface area (Å²) in [4.78, 5) is 23.1. The number of alkyl halides is 1. The average molecular weight is 311 g/mol. The Morgan fingerprint density at radius 1 is 1.28 bits per heavy atom. The van der Waals surface area contributed by atoms with E-state index in [1.165, 1.54) is 0 Å². The molecule has 1 aliphatic rings. The van der Waals surface area contributed by atoms with Crippen LogP contribution in [0.1, 0.15) is 18.4 Å². The number of halogens is 1. The SMILES string of the molecule is Cc1c(NC(=O)CBr)cccc1NC(=O)C1CC1. The van der Waals surface area contributed by atoms with Crippen LogP contribution in [0.15, 0.2) is 18.2 Å². The van der Waals surface area contributed by atoms with E-state index in [2.05, 4.69) is 26.6 Å². The molecule has 0 bridgehead atoms. The van der Waals surface area contributed by atoms with Crippen molar-refractivity contribution in [3.8, 4) is 0 Å². The van der Waals surface area contributed by atoms with Crippen LogP contribution in [0, 0.1) is 12.8 Å². The summed E-state index contributed by atoms with van der Waals surface area (Å²) in [6.45, 7) is 1.88. The molecule has 5 heteroatoms. The molecule has 96 valence electrons. The van der Waals surface area contributed by atoms with Crippen molar-refractivity contribution in [2.24, 2.45) is 5.92 Å². The van der Waals surface area contributed by atoms with Crippen LogP contribution in [0.5, 0.6) is 0 Å². The molecule has 1 aromatic carbocycles. The van der Waals surface area contributed by atoms with Gasteiger partial charge in [-0.2, -0.15) is 0 Å². The van der Waals surface area contributed by atoms with Crippen molar-refractivity contribution in [1.82, 2.24) is 0 Å². The predicted molar refractivity (Wildman–Crippen MR) is 75.0 cm³/mol. The third-order valence-corrected chi connectivity index (χ3v) is 3.44. The molecule has 2 N–H and O–H groups in total. The third-order valence-electron chi connectivity index (χ3n) is 2.94. The summed E-state index contributed by atoms with van der Waals surface area (Å²) in [7, 11) is 0. The Balaban J connectivity index is 2.13. The molecule has 0 atom stereocenters. The second kappa shape index (κ2) is 5.52. The molecule has 1 fully saturated rings. The molecule has 2 amide bonds. The second-order valence-electron chi connectivity index (χ2n) is 4.42. The average Bonchev–Trinajstić information content (AvgIpc) is 3.18. The van der Waals surface area contributed by atoms with Crippen molar-refractivity contribution < 1.29 is 9.59 Å². The van der Waals surface area contributed by atoms with Gasteiger partial charge in [0, 0.05) is 17.3 Å².